The second-order valence-corrected chi connectivity index (χ2v) is 4.74. The molecule has 1 aliphatic heterocycles. The Kier molecular flexibility index (Phi) is 2.00. The van der Waals surface area contributed by atoms with E-state index in [4.69, 9.17) is 0 Å². The van der Waals surface area contributed by atoms with Crippen LogP contribution in [0.5, 0.6) is 0 Å². The van der Waals surface area contributed by atoms with Crippen molar-refractivity contribution in [3.8, 4) is 0 Å². The zero-order chi connectivity index (χ0) is 11.3. The Morgan fingerprint density at radius 3 is 2.73 bits per heavy atom. The molecule has 2 rings (SSSR count). The van der Waals surface area contributed by atoms with Gasteiger partial charge in [-0.3, -0.25) is 4.98 Å². The first-order chi connectivity index (χ1) is 6.81. The maximum Gasteiger partial charge on any atom is 0.287 e. The molecule has 0 atom stereocenters. The van der Waals surface area contributed by atoms with Gasteiger partial charge in [0.25, 0.3) is 5.92 Å². The van der Waals surface area contributed by atoms with Crippen molar-refractivity contribution in [2.24, 2.45) is 0 Å². The molecule has 0 amide bonds. The van der Waals surface area contributed by atoms with Crippen LogP contribution in [-0.4, -0.2) is 11.5 Å². The Morgan fingerprint density at radius 2 is 2.13 bits per heavy atom. The van der Waals surface area contributed by atoms with Gasteiger partial charge in [0, 0.05) is 36.3 Å². The first-order valence-electron chi connectivity index (χ1n) is 4.93. The fourth-order valence-electron chi connectivity index (χ4n) is 1.79. The van der Waals surface area contributed by atoms with Gasteiger partial charge in [0.05, 0.1) is 0 Å². The Hall–Kier alpha value is -1.19. The summed E-state index contributed by atoms with van der Waals surface area (Å²) in [5.74, 6) is -2.87. The van der Waals surface area contributed by atoms with Gasteiger partial charge in [0.1, 0.15) is 5.69 Å². The molecule has 1 aromatic heterocycles. The number of rotatable bonds is 1. The Balaban J connectivity index is 2.47. The molecule has 15 heavy (non-hydrogen) atoms. The second kappa shape index (κ2) is 2.90. The van der Waals surface area contributed by atoms with Gasteiger partial charge in [0.2, 0.25) is 0 Å². The quantitative estimate of drug-likeness (QED) is 0.774. The lowest BCUT2D eigenvalue weighted by atomic mass is 9.88. The minimum absolute atomic E-state index is 0.0239. The summed E-state index contributed by atoms with van der Waals surface area (Å²) >= 11 is 0. The first-order valence-corrected chi connectivity index (χ1v) is 4.93. The lowest BCUT2D eigenvalue weighted by Crippen LogP contribution is -2.19. The molecule has 0 saturated heterocycles. The smallest absolute Gasteiger partial charge is 0.287 e. The highest BCUT2D eigenvalue weighted by Crippen LogP contribution is 2.38. The van der Waals surface area contributed by atoms with Gasteiger partial charge in [-0.05, 0) is 6.07 Å². The highest BCUT2D eigenvalue weighted by Gasteiger charge is 2.33. The van der Waals surface area contributed by atoms with E-state index < -0.39 is 5.92 Å². The molecular formula is C11H14F2N2. The van der Waals surface area contributed by atoms with E-state index in [-0.39, 0.29) is 11.1 Å². The zero-order valence-corrected chi connectivity index (χ0v) is 9.06. The van der Waals surface area contributed by atoms with Crippen LogP contribution in [0, 0.1) is 0 Å². The molecule has 1 N–H and O–H groups in total. The molecule has 4 heteroatoms. The van der Waals surface area contributed by atoms with Crippen LogP contribution in [0.2, 0.25) is 0 Å². The van der Waals surface area contributed by atoms with Crippen LogP contribution in [-0.2, 0) is 11.3 Å². The third-order valence-electron chi connectivity index (χ3n) is 2.80. The number of nitrogens with zero attached hydrogens (tertiary/aromatic N) is 1. The van der Waals surface area contributed by atoms with Crippen molar-refractivity contribution in [2.45, 2.75) is 32.1 Å². The van der Waals surface area contributed by atoms with Gasteiger partial charge in [-0.1, -0.05) is 13.8 Å². The Bertz CT molecular complexity index is 394. The standard InChI is InChI=1S/C11H14F2N2/c1-10(2)6-15-8-4-9(11(3,12)13)14-5-7(8)10/h4-5,15H,6H2,1-3H3. The van der Waals surface area contributed by atoms with Crippen LogP contribution in [0.1, 0.15) is 32.0 Å². The fourth-order valence-corrected chi connectivity index (χ4v) is 1.79. The molecule has 0 aromatic carbocycles. The number of alkyl halides is 2. The van der Waals surface area contributed by atoms with Crippen molar-refractivity contribution in [3.63, 3.8) is 0 Å². The molecule has 0 radical (unpaired) electrons. The number of anilines is 1. The molecule has 0 saturated carbocycles. The van der Waals surface area contributed by atoms with Gasteiger partial charge in [-0.25, -0.2) is 0 Å². The van der Waals surface area contributed by atoms with Crippen molar-refractivity contribution in [1.29, 1.82) is 0 Å². The van der Waals surface area contributed by atoms with E-state index in [1.807, 2.05) is 0 Å². The van der Waals surface area contributed by atoms with E-state index in [0.29, 0.717) is 0 Å². The molecule has 0 bridgehead atoms. The molecule has 1 aliphatic rings. The Morgan fingerprint density at radius 1 is 1.47 bits per heavy atom. The highest BCUT2D eigenvalue weighted by atomic mass is 19.3. The molecule has 0 spiro atoms. The topological polar surface area (TPSA) is 24.9 Å². The van der Waals surface area contributed by atoms with E-state index in [1.54, 1.807) is 6.20 Å². The molecule has 0 fully saturated rings. The van der Waals surface area contributed by atoms with Gasteiger partial charge in [-0.15, -0.1) is 0 Å². The van der Waals surface area contributed by atoms with Gasteiger partial charge < -0.3 is 5.32 Å². The van der Waals surface area contributed by atoms with E-state index in [0.717, 1.165) is 24.7 Å². The average molecular weight is 212 g/mol. The zero-order valence-electron chi connectivity index (χ0n) is 9.06. The summed E-state index contributed by atoms with van der Waals surface area (Å²) in [6.45, 7) is 5.76. The number of pyridine rings is 1. The van der Waals surface area contributed by atoms with Crippen LogP contribution in [0.25, 0.3) is 0 Å². The molecule has 0 aliphatic carbocycles. The summed E-state index contributed by atoms with van der Waals surface area (Å²) in [6.07, 6.45) is 1.56. The van der Waals surface area contributed by atoms with Crippen LogP contribution in [0.3, 0.4) is 0 Å². The average Bonchev–Trinajstić information content (AvgIpc) is 2.41. The number of aromatic nitrogens is 1. The van der Waals surface area contributed by atoms with Crippen LogP contribution in [0.15, 0.2) is 12.3 Å². The van der Waals surface area contributed by atoms with Crippen molar-refractivity contribution in [3.05, 3.63) is 23.5 Å². The van der Waals surface area contributed by atoms with Crippen molar-refractivity contribution >= 4 is 5.69 Å². The summed E-state index contributed by atoms with van der Waals surface area (Å²) in [5, 5.41) is 3.13. The second-order valence-electron chi connectivity index (χ2n) is 4.74. The third-order valence-corrected chi connectivity index (χ3v) is 2.80. The first kappa shape index (κ1) is 10.3. The predicted molar refractivity (Wildman–Crippen MR) is 55.3 cm³/mol. The van der Waals surface area contributed by atoms with Crippen LogP contribution in [0.4, 0.5) is 14.5 Å². The maximum atomic E-state index is 13.0. The highest BCUT2D eigenvalue weighted by molar-refractivity contribution is 5.59. The van der Waals surface area contributed by atoms with E-state index in [2.05, 4.69) is 24.1 Å². The van der Waals surface area contributed by atoms with Crippen molar-refractivity contribution < 1.29 is 8.78 Å². The number of halogens is 2. The Labute approximate surface area is 87.7 Å². The van der Waals surface area contributed by atoms with E-state index in [9.17, 15) is 8.78 Å². The minimum Gasteiger partial charge on any atom is -0.384 e. The van der Waals surface area contributed by atoms with Crippen LogP contribution < -0.4 is 5.32 Å². The molecule has 1 aromatic rings. The predicted octanol–water partition coefficient (Wildman–Crippen LogP) is 2.90. The SMILES string of the molecule is CC(F)(F)c1cc2c(cn1)C(C)(C)CN2. The maximum absolute atomic E-state index is 13.0. The summed E-state index contributed by atoms with van der Waals surface area (Å²) in [5.41, 5.74) is 1.60. The normalized spacial score (nSPS) is 18.5. The monoisotopic (exact) mass is 212 g/mol. The minimum atomic E-state index is -2.87. The van der Waals surface area contributed by atoms with Crippen LogP contribution >= 0.6 is 0 Å². The fraction of sp³-hybridized carbons (Fsp3) is 0.545. The number of hydrogen-bond acceptors (Lipinski definition) is 2. The molecule has 0 unspecified atom stereocenters. The largest absolute Gasteiger partial charge is 0.384 e. The molecule has 82 valence electrons. The summed E-state index contributed by atoms with van der Waals surface area (Å²) < 4.78 is 26.1. The lowest BCUT2D eigenvalue weighted by Gasteiger charge is -2.17. The number of fused-ring (bicyclic) bond motifs is 1. The number of nitrogens with one attached hydrogen (secondary N) is 1. The van der Waals surface area contributed by atoms with E-state index in [1.165, 1.54) is 6.07 Å². The molecule has 2 heterocycles. The van der Waals surface area contributed by atoms with E-state index >= 15 is 0 Å². The third kappa shape index (κ3) is 1.68. The summed E-state index contributed by atoms with van der Waals surface area (Å²) in [6, 6.07) is 1.45. The van der Waals surface area contributed by atoms with Crippen molar-refractivity contribution in [1.82, 2.24) is 4.98 Å². The van der Waals surface area contributed by atoms with Gasteiger partial charge in [0.15, 0.2) is 0 Å². The lowest BCUT2D eigenvalue weighted by molar-refractivity contribution is 0.0128. The summed E-state index contributed by atoms with van der Waals surface area (Å²) in [7, 11) is 0. The van der Waals surface area contributed by atoms with Gasteiger partial charge >= 0.3 is 0 Å². The number of hydrogen-bond donors (Lipinski definition) is 1. The molecule has 2 nitrogen and oxygen atoms in total. The summed E-state index contributed by atoms with van der Waals surface area (Å²) in [4.78, 5) is 3.83. The van der Waals surface area contributed by atoms with Gasteiger partial charge in [-0.2, -0.15) is 8.78 Å². The van der Waals surface area contributed by atoms with Crippen molar-refractivity contribution in [2.75, 3.05) is 11.9 Å². The molecular weight excluding hydrogens is 198 g/mol.